The monoisotopic (exact) mass is 266 g/mol. The molecule has 1 heterocycles. The van der Waals surface area contributed by atoms with Crippen molar-refractivity contribution in [3.05, 3.63) is 11.6 Å². The maximum absolute atomic E-state index is 11.4. The summed E-state index contributed by atoms with van der Waals surface area (Å²) in [6.45, 7) is 4.18. The van der Waals surface area contributed by atoms with Gasteiger partial charge in [-0.2, -0.15) is 0 Å². The molecule has 1 aliphatic rings. The highest BCUT2D eigenvalue weighted by Gasteiger charge is 2.20. The first-order valence-corrected chi connectivity index (χ1v) is 8.15. The Labute approximate surface area is 118 Å². The molecule has 0 spiro atoms. The van der Waals surface area contributed by atoms with Crippen LogP contribution in [-0.4, -0.2) is 12.1 Å². The van der Waals surface area contributed by atoms with Crippen molar-refractivity contribution in [1.82, 2.24) is 0 Å². The fraction of sp³-hybridized carbons (Fsp3) is 0.824. The number of rotatable bonds is 11. The second-order valence-electron chi connectivity index (χ2n) is 5.73. The van der Waals surface area contributed by atoms with Gasteiger partial charge in [-0.15, -0.1) is 0 Å². The molecule has 0 aromatic carbocycles. The van der Waals surface area contributed by atoms with E-state index in [1.165, 1.54) is 57.8 Å². The van der Waals surface area contributed by atoms with Gasteiger partial charge in [-0.25, -0.2) is 4.79 Å². The van der Waals surface area contributed by atoms with Crippen LogP contribution in [0.25, 0.3) is 0 Å². The van der Waals surface area contributed by atoms with E-state index in [1.807, 2.05) is 13.0 Å². The van der Waals surface area contributed by atoms with E-state index in [2.05, 4.69) is 6.92 Å². The highest BCUT2D eigenvalue weighted by molar-refractivity contribution is 5.90. The van der Waals surface area contributed by atoms with Crippen LogP contribution >= 0.6 is 0 Å². The summed E-state index contributed by atoms with van der Waals surface area (Å²) in [5.41, 5.74) is 0.895. The molecule has 0 aromatic heterocycles. The van der Waals surface area contributed by atoms with Crippen LogP contribution in [0.1, 0.15) is 84.5 Å². The Bertz CT molecular complexity index is 281. The zero-order chi connectivity index (χ0) is 13.9. The highest BCUT2D eigenvalue weighted by atomic mass is 16.5. The van der Waals surface area contributed by atoms with Gasteiger partial charge < -0.3 is 4.74 Å². The molecule has 2 nitrogen and oxygen atoms in total. The predicted octanol–water partition coefficient (Wildman–Crippen LogP) is 5.17. The minimum Gasteiger partial charge on any atom is -0.455 e. The van der Waals surface area contributed by atoms with Gasteiger partial charge in [0.15, 0.2) is 0 Å². The molecular weight excluding hydrogens is 236 g/mol. The van der Waals surface area contributed by atoms with Crippen molar-refractivity contribution in [1.29, 1.82) is 0 Å². The van der Waals surface area contributed by atoms with E-state index in [0.29, 0.717) is 0 Å². The number of ether oxygens (including phenoxy) is 1. The molecule has 19 heavy (non-hydrogen) atoms. The van der Waals surface area contributed by atoms with Gasteiger partial charge in [0.2, 0.25) is 0 Å². The molecule has 1 aliphatic heterocycles. The van der Waals surface area contributed by atoms with Crippen LogP contribution in [0, 0.1) is 0 Å². The molecule has 0 amide bonds. The average Bonchev–Trinajstić information content (AvgIpc) is 2.70. The first kappa shape index (κ1) is 16.3. The van der Waals surface area contributed by atoms with Crippen molar-refractivity contribution in [2.24, 2.45) is 0 Å². The van der Waals surface area contributed by atoms with Crippen LogP contribution in [0.2, 0.25) is 0 Å². The minimum atomic E-state index is -0.0941. The smallest absolute Gasteiger partial charge is 0.334 e. The van der Waals surface area contributed by atoms with Gasteiger partial charge in [0.1, 0.15) is 6.10 Å². The fourth-order valence-corrected chi connectivity index (χ4v) is 2.62. The van der Waals surface area contributed by atoms with Crippen molar-refractivity contribution in [2.75, 3.05) is 0 Å². The number of carbonyl (C=O) groups is 1. The van der Waals surface area contributed by atoms with Crippen molar-refractivity contribution in [3.8, 4) is 0 Å². The molecule has 1 rings (SSSR count). The summed E-state index contributed by atoms with van der Waals surface area (Å²) in [5, 5.41) is 0. The molecule has 110 valence electrons. The molecule has 0 bridgehead atoms. The highest BCUT2D eigenvalue weighted by Crippen LogP contribution is 2.20. The number of esters is 1. The van der Waals surface area contributed by atoms with E-state index >= 15 is 0 Å². The molecule has 1 atom stereocenters. The molecule has 0 radical (unpaired) electrons. The minimum absolute atomic E-state index is 0.00868. The molecule has 2 heteroatoms. The Morgan fingerprint density at radius 3 is 1.95 bits per heavy atom. The van der Waals surface area contributed by atoms with Gasteiger partial charge in [-0.1, -0.05) is 64.7 Å². The average molecular weight is 266 g/mol. The van der Waals surface area contributed by atoms with Gasteiger partial charge in [-0.05, 0) is 25.8 Å². The first-order chi connectivity index (χ1) is 9.24. The lowest BCUT2D eigenvalue weighted by molar-refractivity contribution is -0.139. The molecule has 0 aliphatic carbocycles. The number of carbonyl (C=O) groups excluding carboxylic acids is 1. The molecule has 0 unspecified atom stereocenters. The van der Waals surface area contributed by atoms with E-state index in [4.69, 9.17) is 4.74 Å². The van der Waals surface area contributed by atoms with Crippen LogP contribution in [0.3, 0.4) is 0 Å². The molecule has 0 saturated carbocycles. The quantitative estimate of drug-likeness (QED) is 0.381. The zero-order valence-corrected chi connectivity index (χ0v) is 12.7. The van der Waals surface area contributed by atoms with Gasteiger partial charge >= 0.3 is 5.97 Å². The normalized spacial score (nSPS) is 18.5. The Morgan fingerprint density at radius 2 is 1.47 bits per heavy atom. The third-order valence-corrected chi connectivity index (χ3v) is 3.79. The van der Waals surface area contributed by atoms with Crippen LogP contribution in [0.4, 0.5) is 0 Å². The Balaban J connectivity index is 1.86. The number of cyclic esters (lactones) is 1. The van der Waals surface area contributed by atoms with Crippen LogP contribution < -0.4 is 0 Å². The third-order valence-electron chi connectivity index (χ3n) is 3.79. The number of hydrogen-bond acceptors (Lipinski definition) is 2. The SMILES string of the molecule is CCCCCCCCCCCCC1=C[C@@H](C)OC1=O. The summed E-state index contributed by atoms with van der Waals surface area (Å²) < 4.78 is 5.08. The van der Waals surface area contributed by atoms with E-state index in [0.717, 1.165) is 18.4 Å². The predicted molar refractivity (Wildman–Crippen MR) is 80.1 cm³/mol. The molecule has 0 N–H and O–H groups in total. The standard InChI is InChI=1S/C17H30O2/c1-3-4-5-6-7-8-9-10-11-12-13-16-14-15(2)19-17(16)18/h14-15H,3-13H2,1-2H3/t15-/m1/s1. The van der Waals surface area contributed by atoms with E-state index in [-0.39, 0.29) is 12.1 Å². The van der Waals surface area contributed by atoms with Crippen molar-refractivity contribution in [3.63, 3.8) is 0 Å². The summed E-state index contributed by atoms with van der Waals surface area (Å²) in [4.78, 5) is 11.4. The Morgan fingerprint density at radius 1 is 0.947 bits per heavy atom. The largest absolute Gasteiger partial charge is 0.455 e. The number of hydrogen-bond donors (Lipinski definition) is 0. The second kappa shape index (κ2) is 10.1. The lowest BCUT2D eigenvalue weighted by Gasteiger charge is -2.02. The maximum Gasteiger partial charge on any atom is 0.334 e. The van der Waals surface area contributed by atoms with Gasteiger partial charge in [-0.3, -0.25) is 0 Å². The van der Waals surface area contributed by atoms with Crippen molar-refractivity contribution < 1.29 is 9.53 Å². The van der Waals surface area contributed by atoms with Gasteiger partial charge in [0.25, 0.3) is 0 Å². The van der Waals surface area contributed by atoms with Crippen LogP contribution in [0.5, 0.6) is 0 Å². The van der Waals surface area contributed by atoms with E-state index in [9.17, 15) is 4.79 Å². The molecule has 0 fully saturated rings. The summed E-state index contributed by atoms with van der Waals surface area (Å²) in [6, 6.07) is 0. The summed E-state index contributed by atoms with van der Waals surface area (Å²) in [7, 11) is 0. The topological polar surface area (TPSA) is 26.3 Å². The summed E-state index contributed by atoms with van der Waals surface area (Å²) in [5.74, 6) is -0.0941. The van der Waals surface area contributed by atoms with E-state index < -0.39 is 0 Å². The van der Waals surface area contributed by atoms with Gasteiger partial charge in [0.05, 0.1) is 0 Å². The van der Waals surface area contributed by atoms with Crippen molar-refractivity contribution in [2.45, 2.75) is 90.6 Å². The summed E-state index contributed by atoms with van der Waals surface area (Å²) in [6.07, 6.45) is 16.2. The second-order valence-corrected chi connectivity index (χ2v) is 5.73. The molecular formula is C17H30O2. The summed E-state index contributed by atoms with van der Waals surface area (Å²) >= 11 is 0. The Kier molecular flexibility index (Phi) is 8.61. The molecule has 0 saturated heterocycles. The lowest BCUT2D eigenvalue weighted by atomic mass is 10.0. The van der Waals surface area contributed by atoms with Gasteiger partial charge in [0, 0.05) is 5.57 Å². The van der Waals surface area contributed by atoms with E-state index in [1.54, 1.807) is 0 Å². The zero-order valence-electron chi connectivity index (χ0n) is 12.7. The molecule has 0 aromatic rings. The lowest BCUT2D eigenvalue weighted by Crippen LogP contribution is -2.03. The Hall–Kier alpha value is -0.790. The maximum atomic E-state index is 11.4. The van der Waals surface area contributed by atoms with Crippen molar-refractivity contribution >= 4 is 5.97 Å². The first-order valence-electron chi connectivity index (χ1n) is 8.15. The number of unbranched alkanes of at least 4 members (excludes halogenated alkanes) is 9. The fourth-order valence-electron chi connectivity index (χ4n) is 2.62. The third kappa shape index (κ3) is 7.39. The van der Waals surface area contributed by atoms with Crippen LogP contribution in [-0.2, 0) is 9.53 Å². The van der Waals surface area contributed by atoms with Crippen LogP contribution in [0.15, 0.2) is 11.6 Å².